The summed E-state index contributed by atoms with van der Waals surface area (Å²) in [6.07, 6.45) is 3.23. The van der Waals surface area contributed by atoms with Gasteiger partial charge in [0.1, 0.15) is 28.7 Å². The molecule has 1 aromatic carbocycles. The maximum Gasteiger partial charge on any atom is 0.306 e. The topological polar surface area (TPSA) is 148 Å². The number of ether oxygens (including phenoxy) is 2. The van der Waals surface area contributed by atoms with Gasteiger partial charge in [-0.2, -0.15) is 10.4 Å². The van der Waals surface area contributed by atoms with Crippen molar-refractivity contribution in [3.8, 4) is 23.2 Å². The maximum absolute atomic E-state index is 11.9. The van der Waals surface area contributed by atoms with Crippen LogP contribution in [0, 0.1) is 11.3 Å². The second kappa shape index (κ2) is 13.2. The minimum absolute atomic E-state index is 0.0335. The first-order chi connectivity index (χ1) is 19.6. The van der Waals surface area contributed by atoms with Gasteiger partial charge in [0.15, 0.2) is 0 Å². The number of sulfonamides is 1. The molecule has 3 aromatic rings. The largest absolute Gasteiger partial charge is 0.478 e. The van der Waals surface area contributed by atoms with Gasteiger partial charge >= 0.3 is 5.97 Å². The van der Waals surface area contributed by atoms with E-state index in [1.54, 1.807) is 54.2 Å². The summed E-state index contributed by atoms with van der Waals surface area (Å²) >= 11 is 0. The second-order valence-electron chi connectivity index (χ2n) is 11.7. The zero-order valence-electron chi connectivity index (χ0n) is 25.3. The van der Waals surface area contributed by atoms with E-state index in [9.17, 15) is 18.5 Å². The van der Waals surface area contributed by atoms with Gasteiger partial charge in [0, 0.05) is 35.6 Å². The molecule has 0 spiro atoms. The molecule has 0 saturated heterocycles. The Kier molecular flexibility index (Phi) is 10.2. The van der Waals surface area contributed by atoms with Crippen molar-refractivity contribution in [3.05, 3.63) is 48.2 Å². The van der Waals surface area contributed by atoms with Crippen LogP contribution in [0.5, 0.6) is 5.88 Å². The summed E-state index contributed by atoms with van der Waals surface area (Å²) in [7, 11) is -3.41. The van der Waals surface area contributed by atoms with Crippen molar-refractivity contribution in [3.63, 3.8) is 0 Å². The Bertz CT molecular complexity index is 1530. The SMILES string of the molecule is CCS(=O)(=O)Nc1ccc(-c2nn(C(C)(C)C)c(Nc3ccnc(OCCCCC(=O)OC(C)(C)C)c3)c2C#N)cc1. The molecule has 0 aliphatic carbocycles. The molecule has 12 heteroatoms. The molecule has 11 nitrogen and oxygen atoms in total. The number of esters is 1. The van der Waals surface area contributed by atoms with Gasteiger partial charge in [0.2, 0.25) is 15.9 Å². The Morgan fingerprint density at radius 2 is 1.74 bits per heavy atom. The number of pyridine rings is 1. The Morgan fingerprint density at radius 3 is 2.33 bits per heavy atom. The van der Waals surface area contributed by atoms with Crippen LogP contribution < -0.4 is 14.8 Å². The number of carbonyl (C=O) groups is 1. The van der Waals surface area contributed by atoms with Crippen LogP contribution in [0.2, 0.25) is 0 Å². The number of unbranched alkanes of at least 4 members (excludes halogenated alkanes) is 1. The molecule has 3 rings (SSSR count). The van der Waals surface area contributed by atoms with Gasteiger partial charge in [-0.3, -0.25) is 9.52 Å². The lowest BCUT2D eigenvalue weighted by Gasteiger charge is -2.23. The first kappa shape index (κ1) is 32.4. The Labute approximate surface area is 248 Å². The van der Waals surface area contributed by atoms with E-state index in [-0.39, 0.29) is 11.7 Å². The standard InChI is InChI=1S/C30H40N6O5S/c1-8-42(38,39)35-22-14-12-21(13-15-22)27-24(20-31)28(36(34-27)29(2,3)4)33-23-16-17-32-25(19-23)40-18-10-9-11-26(37)41-30(5,6)7/h12-17,19,35H,8-11,18H2,1-7H3,(H,32,33). The third-order valence-corrected chi connectivity index (χ3v) is 7.19. The molecule has 0 saturated carbocycles. The summed E-state index contributed by atoms with van der Waals surface area (Å²) in [6.45, 7) is 13.4. The first-order valence-corrected chi connectivity index (χ1v) is 15.5. The van der Waals surface area contributed by atoms with Crippen LogP contribution in [-0.4, -0.2) is 47.1 Å². The predicted molar refractivity (Wildman–Crippen MR) is 163 cm³/mol. The maximum atomic E-state index is 11.9. The molecule has 0 bridgehead atoms. The van der Waals surface area contributed by atoms with E-state index in [1.165, 1.54) is 0 Å². The molecule has 0 radical (unpaired) electrons. The summed E-state index contributed by atoms with van der Waals surface area (Å²) in [5.41, 5.74) is 1.60. The van der Waals surface area contributed by atoms with E-state index in [4.69, 9.17) is 14.6 Å². The van der Waals surface area contributed by atoms with E-state index in [1.807, 2.05) is 41.5 Å². The van der Waals surface area contributed by atoms with Gasteiger partial charge in [0.05, 0.1) is 17.9 Å². The lowest BCUT2D eigenvalue weighted by Crippen LogP contribution is -2.24. The highest BCUT2D eigenvalue weighted by Crippen LogP contribution is 2.35. The summed E-state index contributed by atoms with van der Waals surface area (Å²) < 4.78 is 39.3. The van der Waals surface area contributed by atoms with E-state index < -0.39 is 21.2 Å². The number of carbonyl (C=O) groups excluding carboxylic acids is 1. The fraction of sp³-hybridized carbons (Fsp3) is 0.467. The van der Waals surface area contributed by atoms with Crippen LogP contribution in [0.3, 0.4) is 0 Å². The molecule has 0 aliphatic heterocycles. The number of benzene rings is 1. The minimum atomic E-state index is -3.41. The van der Waals surface area contributed by atoms with Crippen molar-refractivity contribution < 1.29 is 22.7 Å². The van der Waals surface area contributed by atoms with Crippen LogP contribution >= 0.6 is 0 Å². The summed E-state index contributed by atoms with van der Waals surface area (Å²) in [5, 5.41) is 18.3. The fourth-order valence-corrected chi connectivity index (χ4v) is 4.56. The van der Waals surface area contributed by atoms with Crippen LogP contribution in [0.4, 0.5) is 17.2 Å². The zero-order valence-corrected chi connectivity index (χ0v) is 26.1. The monoisotopic (exact) mass is 596 g/mol. The number of hydrogen-bond acceptors (Lipinski definition) is 9. The van der Waals surface area contributed by atoms with E-state index in [0.29, 0.717) is 65.8 Å². The molecular formula is C30H40N6O5S. The van der Waals surface area contributed by atoms with Gasteiger partial charge < -0.3 is 14.8 Å². The smallest absolute Gasteiger partial charge is 0.306 e. The normalized spacial score (nSPS) is 12.0. The number of nitrogens with zero attached hydrogens (tertiary/aromatic N) is 4. The molecule has 0 unspecified atom stereocenters. The van der Waals surface area contributed by atoms with Crippen molar-refractivity contribution in [2.45, 2.75) is 78.9 Å². The molecule has 0 aliphatic rings. The van der Waals surface area contributed by atoms with Crippen molar-refractivity contribution in [2.75, 3.05) is 22.4 Å². The highest BCUT2D eigenvalue weighted by molar-refractivity contribution is 7.92. The third-order valence-electron chi connectivity index (χ3n) is 5.89. The lowest BCUT2D eigenvalue weighted by atomic mass is 10.1. The number of rotatable bonds is 12. The number of nitrogens with one attached hydrogen (secondary N) is 2. The van der Waals surface area contributed by atoms with Gasteiger partial charge in [-0.05, 0) is 79.5 Å². The van der Waals surface area contributed by atoms with Crippen LogP contribution in [0.15, 0.2) is 42.6 Å². The Balaban J connectivity index is 1.77. The number of anilines is 3. The quantitative estimate of drug-likeness (QED) is 0.191. The molecule has 0 amide bonds. The van der Waals surface area contributed by atoms with Crippen molar-refractivity contribution in [1.82, 2.24) is 14.8 Å². The Morgan fingerprint density at radius 1 is 1.05 bits per heavy atom. The molecular weight excluding hydrogens is 556 g/mol. The van der Waals surface area contributed by atoms with Crippen molar-refractivity contribution in [2.24, 2.45) is 0 Å². The van der Waals surface area contributed by atoms with Crippen molar-refractivity contribution in [1.29, 1.82) is 5.26 Å². The average Bonchev–Trinajstić information content (AvgIpc) is 3.26. The fourth-order valence-electron chi connectivity index (χ4n) is 3.92. The van der Waals surface area contributed by atoms with Gasteiger partial charge in [-0.15, -0.1) is 0 Å². The molecule has 226 valence electrons. The molecule has 2 N–H and O–H groups in total. The second-order valence-corrected chi connectivity index (χ2v) is 13.8. The molecule has 2 heterocycles. The van der Waals surface area contributed by atoms with Crippen LogP contribution in [0.1, 0.15) is 73.3 Å². The third kappa shape index (κ3) is 9.21. The van der Waals surface area contributed by atoms with Gasteiger partial charge in [0.25, 0.3) is 0 Å². The summed E-state index contributed by atoms with van der Waals surface area (Å²) in [6, 6.07) is 12.5. The number of aromatic nitrogens is 3. The Hall–Kier alpha value is -4.11. The predicted octanol–water partition coefficient (Wildman–Crippen LogP) is 5.97. The average molecular weight is 597 g/mol. The van der Waals surface area contributed by atoms with Crippen LogP contribution in [-0.2, 0) is 25.1 Å². The van der Waals surface area contributed by atoms with Gasteiger partial charge in [-0.25, -0.2) is 18.1 Å². The number of hydrogen-bond donors (Lipinski definition) is 2. The van der Waals surface area contributed by atoms with Crippen molar-refractivity contribution >= 4 is 33.2 Å². The van der Waals surface area contributed by atoms with E-state index in [0.717, 1.165) is 0 Å². The van der Waals surface area contributed by atoms with Gasteiger partial charge in [-0.1, -0.05) is 12.1 Å². The highest BCUT2D eigenvalue weighted by atomic mass is 32.2. The minimum Gasteiger partial charge on any atom is -0.478 e. The van der Waals surface area contributed by atoms with E-state index >= 15 is 0 Å². The summed E-state index contributed by atoms with van der Waals surface area (Å²) in [4.78, 5) is 16.2. The lowest BCUT2D eigenvalue weighted by molar-refractivity contribution is -0.154. The molecule has 0 atom stereocenters. The van der Waals surface area contributed by atoms with E-state index in [2.05, 4.69) is 21.1 Å². The molecule has 0 fully saturated rings. The highest BCUT2D eigenvalue weighted by Gasteiger charge is 2.26. The zero-order chi connectivity index (χ0) is 31.1. The molecule has 42 heavy (non-hydrogen) atoms. The molecule has 2 aromatic heterocycles. The van der Waals surface area contributed by atoms with Crippen LogP contribution in [0.25, 0.3) is 11.3 Å². The summed E-state index contributed by atoms with van der Waals surface area (Å²) in [5.74, 6) is 0.647. The number of nitriles is 1. The first-order valence-electron chi connectivity index (χ1n) is 13.8.